The van der Waals surface area contributed by atoms with E-state index >= 15 is 0 Å². The predicted octanol–water partition coefficient (Wildman–Crippen LogP) is 1.44. The number of benzene rings is 1. The van der Waals surface area contributed by atoms with E-state index in [1.165, 1.54) is 5.56 Å². The number of aliphatic hydroxyl groups is 1. The van der Waals surface area contributed by atoms with E-state index in [4.69, 9.17) is 14.6 Å². The first kappa shape index (κ1) is 15.0. The molecular formula is C14H23NO3. The SMILES string of the molecule is COCCN(CCO)Cc1cc(C)ccc1OC. The molecule has 0 unspecified atom stereocenters. The Kier molecular flexibility index (Phi) is 6.72. The van der Waals surface area contributed by atoms with Crippen molar-refractivity contribution in [2.24, 2.45) is 0 Å². The molecule has 0 aliphatic heterocycles. The summed E-state index contributed by atoms with van der Waals surface area (Å²) in [5.41, 5.74) is 2.35. The van der Waals surface area contributed by atoms with Gasteiger partial charge in [0.25, 0.3) is 0 Å². The van der Waals surface area contributed by atoms with Gasteiger partial charge in [0.2, 0.25) is 0 Å². The van der Waals surface area contributed by atoms with Gasteiger partial charge in [0.15, 0.2) is 0 Å². The molecule has 0 spiro atoms. The lowest BCUT2D eigenvalue weighted by Crippen LogP contribution is -2.30. The van der Waals surface area contributed by atoms with E-state index in [0.717, 1.165) is 24.4 Å². The first-order chi connectivity index (χ1) is 8.71. The molecule has 0 atom stereocenters. The lowest BCUT2D eigenvalue weighted by atomic mass is 10.1. The highest BCUT2D eigenvalue weighted by Gasteiger charge is 2.09. The van der Waals surface area contributed by atoms with Gasteiger partial charge < -0.3 is 14.6 Å². The van der Waals surface area contributed by atoms with Crippen molar-refractivity contribution in [3.05, 3.63) is 29.3 Å². The van der Waals surface area contributed by atoms with Crippen molar-refractivity contribution < 1.29 is 14.6 Å². The maximum atomic E-state index is 9.08. The molecule has 0 heterocycles. The molecule has 0 fully saturated rings. The number of nitrogens with zero attached hydrogens (tertiary/aromatic N) is 1. The smallest absolute Gasteiger partial charge is 0.123 e. The summed E-state index contributed by atoms with van der Waals surface area (Å²) in [6, 6.07) is 6.14. The normalized spacial score (nSPS) is 10.9. The fraction of sp³-hybridized carbons (Fsp3) is 0.571. The monoisotopic (exact) mass is 253 g/mol. The standard InChI is InChI=1S/C14H23NO3/c1-12-4-5-14(18-3)13(10-12)11-15(6-8-16)7-9-17-2/h4-5,10,16H,6-9,11H2,1-3H3. The fourth-order valence-electron chi connectivity index (χ4n) is 1.90. The zero-order valence-corrected chi connectivity index (χ0v) is 11.5. The number of aliphatic hydroxyl groups excluding tert-OH is 1. The van der Waals surface area contributed by atoms with Gasteiger partial charge in [-0.25, -0.2) is 0 Å². The van der Waals surface area contributed by atoms with Crippen LogP contribution in [0, 0.1) is 6.92 Å². The van der Waals surface area contributed by atoms with Crippen LogP contribution in [0.2, 0.25) is 0 Å². The lowest BCUT2D eigenvalue weighted by Gasteiger charge is -2.22. The first-order valence-corrected chi connectivity index (χ1v) is 6.17. The summed E-state index contributed by atoms with van der Waals surface area (Å²) in [4.78, 5) is 2.15. The molecule has 0 radical (unpaired) electrons. The summed E-state index contributed by atoms with van der Waals surface area (Å²) in [7, 11) is 3.37. The van der Waals surface area contributed by atoms with Crippen molar-refractivity contribution in [1.29, 1.82) is 0 Å². The van der Waals surface area contributed by atoms with E-state index in [2.05, 4.69) is 17.9 Å². The van der Waals surface area contributed by atoms with Crippen molar-refractivity contribution in [3.8, 4) is 5.75 Å². The van der Waals surface area contributed by atoms with E-state index in [1.54, 1.807) is 14.2 Å². The predicted molar refractivity (Wildman–Crippen MR) is 72.0 cm³/mol. The first-order valence-electron chi connectivity index (χ1n) is 6.17. The van der Waals surface area contributed by atoms with Gasteiger partial charge in [-0.3, -0.25) is 4.90 Å². The minimum atomic E-state index is 0.151. The zero-order chi connectivity index (χ0) is 13.4. The molecule has 1 aromatic carbocycles. The molecule has 4 nitrogen and oxygen atoms in total. The van der Waals surface area contributed by atoms with Crippen LogP contribution >= 0.6 is 0 Å². The summed E-state index contributed by atoms with van der Waals surface area (Å²) >= 11 is 0. The third kappa shape index (κ3) is 4.64. The van der Waals surface area contributed by atoms with Crippen LogP contribution in [0.4, 0.5) is 0 Å². The molecule has 0 aliphatic carbocycles. The maximum absolute atomic E-state index is 9.08. The Morgan fingerprint density at radius 1 is 1.22 bits per heavy atom. The van der Waals surface area contributed by atoms with Gasteiger partial charge in [-0.2, -0.15) is 0 Å². The number of aryl methyl sites for hydroxylation is 1. The number of rotatable bonds is 8. The zero-order valence-electron chi connectivity index (χ0n) is 11.5. The summed E-state index contributed by atoms with van der Waals surface area (Å²) in [5, 5.41) is 9.08. The molecule has 18 heavy (non-hydrogen) atoms. The van der Waals surface area contributed by atoms with Gasteiger partial charge in [0, 0.05) is 32.3 Å². The summed E-state index contributed by atoms with van der Waals surface area (Å²) in [5.74, 6) is 0.890. The molecule has 0 aromatic heterocycles. The van der Waals surface area contributed by atoms with Crippen LogP contribution in [-0.2, 0) is 11.3 Å². The van der Waals surface area contributed by atoms with Crippen LogP contribution in [0.3, 0.4) is 0 Å². The molecule has 102 valence electrons. The fourth-order valence-corrected chi connectivity index (χ4v) is 1.90. The third-order valence-electron chi connectivity index (χ3n) is 2.86. The molecular weight excluding hydrogens is 230 g/mol. The van der Waals surface area contributed by atoms with Gasteiger partial charge in [-0.1, -0.05) is 17.7 Å². The molecule has 0 aliphatic rings. The van der Waals surface area contributed by atoms with Crippen molar-refractivity contribution in [2.75, 3.05) is 40.5 Å². The molecule has 4 heteroatoms. The van der Waals surface area contributed by atoms with Gasteiger partial charge >= 0.3 is 0 Å². The van der Waals surface area contributed by atoms with E-state index in [9.17, 15) is 0 Å². The van der Waals surface area contributed by atoms with Crippen LogP contribution in [-0.4, -0.2) is 50.5 Å². The van der Waals surface area contributed by atoms with Crippen LogP contribution in [0.5, 0.6) is 5.75 Å². The molecule has 0 saturated carbocycles. The Morgan fingerprint density at radius 2 is 2.00 bits per heavy atom. The summed E-state index contributed by atoms with van der Waals surface area (Å²) < 4.78 is 10.4. The van der Waals surface area contributed by atoms with Gasteiger partial charge in [-0.05, 0) is 13.0 Å². The number of ether oxygens (including phenoxy) is 2. The quantitative estimate of drug-likeness (QED) is 0.761. The number of hydrogen-bond donors (Lipinski definition) is 1. The Morgan fingerprint density at radius 3 is 2.61 bits per heavy atom. The molecule has 0 saturated heterocycles. The molecule has 1 aromatic rings. The van der Waals surface area contributed by atoms with Crippen LogP contribution in [0.1, 0.15) is 11.1 Å². The lowest BCUT2D eigenvalue weighted by molar-refractivity contribution is 0.126. The third-order valence-corrected chi connectivity index (χ3v) is 2.86. The molecule has 1 rings (SSSR count). The minimum Gasteiger partial charge on any atom is -0.496 e. The van der Waals surface area contributed by atoms with Crippen LogP contribution in [0.15, 0.2) is 18.2 Å². The number of hydrogen-bond acceptors (Lipinski definition) is 4. The van der Waals surface area contributed by atoms with Crippen LogP contribution in [0.25, 0.3) is 0 Å². The highest BCUT2D eigenvalue weighted by atomic mass is 16.5. The van der Waals surface area contributed by atoms with Crippen LogP contribution < -0.4 is 4.74 Å². The maximum Gasteiger partial charge on any atom is 0.123 e. The van der Waals surface area contributed by atoms with Crippen molar-refractivity contribution >= 4 is 0 Å². The van der Waals surface area contributed by atoms with E-state index < -0.39 is 0 Å². The van der Waals surface area contributed by atoms with E-state index in [-0.39, 0.29) is 6.61 Å². The topological polar surface area (TPSA) is 41.9 Å². The Labute approximate surface area is 109 Å². The van der Waals surface area contributed by atoms with E-state index in [0.29, 0.717) is 13.2 Å². The second kappa shape index (κ2) is 8.08. The molecule has 1 N–H and O–H groups in total. The second-order valence-corrected chi connectivity index (χ2v) is 4.31. The largest absolute Gasteiger partial charge is 0.496 e. The van der Waals surface area contributed by atoms with Crippen molar-refractivity contribution in [3.63, 3.8) is 0 Å². The summed E-state index contributed by atoms with van der Waals surface area (Å²) in [6.45, 7) is 5.07. The van der Waals surface area contributed by atoms with Crippen molar-refractivity contribution in [1.82, 2.24) is 4.90 Å². The highest BCUT2D eigenvalue weighted by Crippen LogP contribution is 2.21. The Balaban J connectivity index is 2.74. The minimum absolute atomic E-state index is 0.151. The highest BCUT2D eigenvalue weighted by molar-refractivity contribution is 5.36. The molecule has 0 amide bonds. The molecule has 0 bridgehead atoms. The average molecular weight is 253 g/mol. The Hall–Kier alpha value is -1.10. The average Bonchev–Trinajstić information content (AvgIpc) is 2.36. The Bertz CT molecular complexity index is 355. The number of methoxy groups -OCH3 is 2. The van der Waals surface area contributed by atoms with Gasteiger partial charge in [0.05, 0.1) is 20.3 Å². The van der Waals surface area contributed by atoms with Crippen molar-refractivity contribution in [2.45, 2.75) is 13.5 Å². The van der Waals surface area contributed by atoms with E-state index in [1.807, 2.05) is 12.1 Å². The summed E-state index contributed by atoms with van der Waals surface area (Å²) in [6.07, 6.45) is 0. The second-order valence-electron chi connectivity index (χ2n) is 4.31. The van der Waals surface area contributed by atoms with Gasteiger partial charge in [-0.15, -0.1) is 0 Å². The van der Waals surface area contributed by atoms with Gasteiger partial charge in [0.1, 0.15) is 5.75 Å².